The summed E-state index contributed by atoms with van der Waals surface area (Å²) in [6.07, 6.45) is 1.64. The van der Waals surface area contributed by atoms with E-state index >= 15 is 0 Å². The van der Waals surface area contributed by atoms with Crippen LogP contribution in [0.25, 0.3) is 11.2 Å². The van der Waals surface area contributed by atoms with Crippen molar-refractivity contribution in [2.75, 3.05) is 0 Å². The molecule has 1 N–H and O–H groups in total. The van der Waals surface area contributed by atoms with Crippen molar-refractivity contribution in [1.82, 2.24) is 14.5 Å². The molecule has 0 unspecified atom stereocenters. The molecule has 0 aliphatic carbocycles. The van der Waals surface area contributed by atoms with Crippen molar-refractivity contribution in [2.24, 2.45) is 0 Å². The van der Waals surface area contributed by atoms with Crippen LogP contribution < -0.4 is 0 Å². The molecule has 5 heteroatoms. The van der Waals surface area contributed by atoms with Crippen LogP contribution in [0.1, 0.15) is 11.1 Å². The Hall–Kier alpha value is -1.65. The molecule has 0 bridgehead atoms. The Kier molecular flexibility index (Phi) is 3.12. The second kappa shape index (κ2) is 4.79. The van der Waals surface area contributed by atoms with Gasteiger partial charge < -0.3 is 4.98 Å². The number of rotatable bonds is 2. The van der Waals surface area contributed by atoms with Crippen molar-refractivity contribution >= 4 is 35.0 Å². The summed E-state index contributed by atoms with van der Waals surface area (Å²) >= 11 is 11.3. The van der Waals surface area contributed by atoms with E-state index < -0.39 is 0 Å². The second-order valence-electron chi connectivity index (χ2n) is 4.53. The number of hydrogen-bond acceptors (Lipinski definition) is 2. The van der Waals surface area contributed by atoms with E-state index in [4.69, 9.17) is 23.8 Å². The molecule has 0 fully saturated rings. The summed E-state index contributed by atoms with van der Waals surface area (Å²) in [4.78, 5) is 7.49. The lowest BCUT2D eigenvalue weighted by Crippen LogP contribution is -2.00. The van der Waals surface area contributed by atoms with Gasteiger partial charge >= 0.3 is 0 Å². The Morgan fingerprint density at radius 3 is 3.00 bits per heavy atom. The molecule has 0 radical (unpaired) electrons. The van der Waals surface area contributed by atoms with E-state index in [1.165, 1.54) is 11.1 Å². The van der Waals surface area contributed by atoms with Gasteiger partial charge in [0, 0.05) is 6.20 Å². The molecule has 0 saturated carbocycles. The number of halogens is 1. The van der Waals surface area contributed by atoms with Crippen LogP contribution >= 0.6 is 23.8 Å². The van der Waals surface area contributed by atoms with Crippen molar-refractivity contribution in [1.29, 1.82) is 0 Å². The zero-order valence-corrected chi connectivity index (χ0v) is 11.9. The number of aryl methyl sites for hydroxylation is 1. The summed E-state index contributed by atoms with van der Waals surface area (Å²) in [7, 11) is 0. The SMILES string of the molecule is Cc1cccc(Cn2c(=S)[nH]c3cc(Cl)cnc32)c1. The average molecular weight is 290 g/mol. The van der Waals surface area contributed by atoms with E-state index in [9.17, 15) is 0 Å². The van der Waals surface area contributed by atoms with Crippen LogP contribution in [0, 0.1) is 11.7 Å². The van der Waals surface area contributed by atoms with Crippen molar-refractivity contribution in [3.8, 4) is 0 Å². The molecule has 2 heterocycles. The molecular formula is C14H12ClN3S. The van der Waals surface area contributed by atoms with Gasteiger partial charge in [-0.2, -0.15) is 0 Å². The Morgan fingerprint density at radius 2 is 2.21 bits per heavy atom. The smallest absolute Gasteiger partial charge is 0.179 e. The summed E-state index contributed by atoms with van der Waals surface area (Å²) in [5.41, 5.74) is 4.13. The Balaban J connectivity index is 2.10. The lowest BCUT2D eigenvalue weighted by Gasteiger charge is -2.05. The molecule has 0 atom stereocenters. The van der Waals surface area contributed by atoms with Crippen LogP contribution in [0.5, 0.6) is 0 Å². The number of nitrogens with one attached hydrogen (secondary N) is 1. The minimum Gasteiger partial charge on any atom is -0.329 e. The molecule has 0 aliphatic rings. The minimum absolute atomic E-state index is 0.603. The third-order valence-corrected chi connectivity index (χ3v) is 3.53. The Morgan fingerprint density at radius 1 is 1.37 bits per heavy atom. The molecule has 96 valence electrons. The monoisotopic (exact) mass is 289 g/mol. The third kappa shape index (κ3) is 2.41. The fourth-order valence-corrected chi connectivity index (χ4v) is 2.58. The van der Waals surface area contributed by atoms with Crippen molar-refractivity contribution in [3.63, 3.8) is 0 Å². The van der Waals surface area contributed by atoms with Gasteiger partial charge in [0.25, 0.3) is 0 Å². The first kappa shape index (κ1) is 12.4. The summed E-state index contributed by atoms with van der Waals surface area (Å²) in [6, 6.07) is 10.2. The number of nitrogens with zero attached hydrogens (tertiary/aromatic N) is 2. The highest BCUT2D eigenvalue weighted by molar-refractivity contribution is 7.71. The first-order valence-corrected chi connectivity index (χ1v) is 6.72. The predicted octanol–water partition coefficient (Wildman–Crippen LogP) is 4.10. The van der Waals surface area contributed by atoms with Crippen LogP contribution in [0.15, 0.2) is 36.5 Å². The van der Waals surface area contributed by atoms with Gasteiger partial charge in [0.05, 0.1) is 17.1 Å². The molecule has 0 amide bonds. The predicted molar refractivity (Wildman–Crippen MR) is 80.2 cm³/mol. The number of aromatic amines is 1. The van der Waals surface area contributed by atoms with Crippen molar-refractivity contribution in [2.45, 2.75) is 13.5 Å². The lowest BCUT2D eigenvalue weighted by atomic mass is 10.1. The van der Waals surface area contributed by atoms with E-state index in [-0.39, 0.29) is 0 Å². The van der Waals surface area contributed by atoms with Crippen LogP contribution in [-0.4, -0.2) is 14.5 Å². The Labute approximate surface area is 120 Å². The molecule has 0 aliphatic heterocycles. The molecule has 2 aromatic heterocycles. The fourth-order valence-electron chi connectivity index (χ4n) is 2.16. The first-order chi connectivity index (χ1) is 9.13. The summed E-state index contributed by atoms with van der Waals surface area (Å²) in [5, 5.41) is 0.603. The van der Waals surface area contributed by atoms with Crippen LogP contribution in [-0.2, 0) is 6.54 Å². The van der Waals surface area contributed by atoms with E-state index in [2.05, 4.69) is 35.1 Å². The van der Waals surface area contributed by atoms with Gasteiger partial charge in [-0.05, 0) is 30.8 Å². The van der Waals surface area contributed by atoms with Gasteiger partial charge in [-0.15, -0.1) is 0 Å². The summed E-state index contributed by atoms with van der Waals surface area (Å²) < 4.78 is 2.64. The van der Waals surface area contributed by atoms with Gasteiger partial charge in [-0.25, -0.2) is 4.98 Å². The van der Waals surface area contributed by atoms with E-state index in [1.54, 1.807) is 6.20 Å². The highest BCUT2D eigenvalue weighted by atomic mass is 35.5. The maximum Gasteiger partial charge on any atom is 0.179 e. The van der Waals surface area contributed by atoms with E-state index in [0.717, 1.165) is 11.2 Å². The number of H-pyrrole nitrogens is 1. The third-order valence-electron chi connectivity index (χ3n) is 3.00. The van der Waals surface area contributed by atoms with Gasteiger partial charge in [0.15, 0.2) is 10.4 Å². The number of pyridine rings is 1. The zero-order chi connectivity index (χ0) is 13.4. The van der Waals surface area contributed by atoms with Gasteiger partial charge in [0.1, 0.15) is 0 Å². The normalized spacial score (nSPS) is 11.1. The molecule has 0 saturated heterocycles. The Bertz CT molecular complexity index is 804. The molecule has 3 rings (SSSR count). The van der Waals surface area contributed by atoms with Crippen molar-refractivity contribution in [3.05, 3.63) is 57.4 Å². The number of aromatic nitrogens is 3. The number of fused-ring (bicyclic) bond motifs is 1. The second-order valence-corrected chi connectivity index (χ2v) is 5.35. The van der Waals surface area contributed by atoms with Gasteiger partial charge in [0.2, 0.25) is 0 Å². The average Bonchev–Trinajstić information content (AvgIpc) is 2.65. The number of benzene rings is 1. The number of imidazole rings is 1. The van der Waals surface area contributed by atoms with Crippen molar-refractivity contribution < 1.29 is 0 Å². The largest absolute Gasteiger partial charge is 0.329 e. The first-order valence-electron chi connectivity index (χ1n) is 5.93. The van der Waals surface area contributed by atoms with Gasteiger partial charge in [-0.3, -0.25) is 4.57 Å². The van der Waals surface area contributed by atoms with Crippen LogP contribution in [0.3, 0.4) is 0 Å². The summed E-state index contributed by atoms with van der Waals surface area (Å²) in [6.45, 7) is 2.78. The topological polar surface area (TPSA) is 33.6 Å². The molecule has 1 aromatic carbocycles. The van der Waals surface area contributed by atoms with Crippen LogP contribution in [0.2, 0.25) is 5.02 Å². The fraction of sp³-hybridized carbons (Fsp3) is 0.143. The van der Waals surface area contributed by atoms with E-state index in [0.29, 0.717) is 16.3 Å². The molecular weight excluding hydrogens is 278 g/mol. The summed E-state index contributed by atoms with van der Waals surface area (Å²) in [5.74, 6) is 0. The maximum atomic E-state index is 5.94. The standard InChI is InChI=1S/C14H12ClN3S/c1-9-3-2-4-10(5-9)8-18-13-12(17-14(18)19)6-11(15)7-16-13/h2-7H,8H2,1H3,(H,17,19). The van der Waals surface area contributed by atoms with E-state index in [1.807, 2.05) is 16.7 Å². The molecule has 3 aromatic rings. The number of hydrogen-bond donors (Lipinski definition) is 1. The van der Waals surface area contributed by atoms with Gasteiger partial charge in [-0.1, -0.05) is 41.4 Å². The molecule has 3 nitrogen and oxygen atoms in total. The highest BCUT2D eigenvalue weighted by Crippen LogP contribution is 2.18. The van der Waals surface area contributed by atoms with Crippen LogP contribution in [0.4, 0.5) is 0 Å². The maximum absolute atomic E-state index is 5.94. The zero-order valence-electron chi connectivity index (χ0n) is 10.4. The highest BCUT2D eigenvalue weighted by Gasteiger charge is 2.07. The quantitative estimate of drug-likeness (QED) is 0.721. The lowest BCUT2D eigenvalue weighted by molar-refractivity contribution is 0.800. The molecule has 19 heavy (non-hydrogen) atoms. The molecule has 0 spiro atoms. The minimum atomic E-state index is 0.603.